The first-order chi connectivity index (χ1) is 14.4. The highest BCUT2D eigenvalue weighted by Crippen LogP contribution is 2.28. The van der Waals surface area contributed by atoms with Gasteiger partial charge in [-0.15, -0.1) is 0 Å². The monoisotopic (exact) mass is 397 g/mol. The van der Waals surface area contributed by atoms with E-state index >= 15 is 0 Å². The lowest BCUT2D eigenvalue weighted by Gasteiger charge is -2.19. The number of aromatic nitrogens is 2. The summed E-state index contributed by atoms with van der Waals surface area (Å²) in [4.78, 5) is 15.3. The second kappa shape index (κ2) is 8.25. The molecular weight excluding hydrogens is 370 g/mol. The van der Waals surface area contributed by atoms with Gasteiger partial charge in [0, 0.05) is 17.5 Å². The number of hydrogen-bond donors (Lipinski definition) is 0. The van der Waals surface area contributed by atoms with Crippen LogP contribution in [0.1, 0.15) is 22.3 Å². The van der Waals surface area contributed by atoms with Crippen LogP contribution in [0, 0.1) is 20.8 Å². The van der Waals surface area contributed by atoms with Crippen LogP contribution in [0.25, 0.3) is 22.0 Å². The maximum absolute atomic E-state index is 13.2. The average Bonchev–Trinajstić information content (AvgIpc) is 2.74. The number of hydrogen-bond acceptors (Lipinski definition) is 3. The second-order valence-corrected chi connectivity index (χ2v) is 8.16. The van der Waals surface area contributed by atoms with Gasteiger partial charge < -0.3 is 0 Å². The molecule has 4 aromatic rings. The van der Waals surface area contributed by atoms with E-state index in [9.17, 15) is 4.79 Å². The molecule has 0 fully saturated rings. The van der Waals surface area contributed by atoms with Crippen LogP contribution in [-0.2, 0) is 13.2 Å². The molecule has 30 heavy (non-hydrogen) atoms. The zero-order valence-electron chi connectivity index (χ0n) is 18.0. The number of benzene rings is 3. The second-order valence-electron chi connectivity index (χ2n) is 8.16. The van der Waals surface area contributed by atoms with Crippen molar-refractivity contribution in [1.29, 1.82) is 0 Å². The van der Waals surface area contributed by atoms with Crippen molar-refractivity contribution in [3.63, 3.8) is 0 Å². The SMILES string of the molecule is Cc1ccc(CN(C)Cn2nc(-c3cc(C)ccc3C)c3ccccc3c2=O)cc1. The molecule has 3 aromatic carbocycles. The third kappa shape index (κ3) is 4.05. The Morgan fingerprint density at radius 1 is 0.867 bits per heavy atom. The predicted octanol–water partition coefficient (Wildman–Crippen LogP) is 5.08. The summed E-state index contributed by atoms with van der Waals surface area (Å²) in [6.45, 7) is 7.43. The van der Waals surface area contributed by atoms with Crippen molar-refractivity contribution in [2.75, 3.05) is 7.05 Å². The molecule has 1 aromatic heterocycles. The summed E-state index contributed by atoms with van der Waals surface area (Å²) in [5.41, 5.74) is 6.65. The van der Waals surface area contributed by atoms with Crippen LogP contribution in [0.3, 0.4) is 0 Å². The predicted molar refractivity (Wildman–Crippen MR) is 124 cm³/mol. The summed E-state index contributed by atoms with van der Waals surface area (Å²) >= 11 is 0. The molecule has 0 N–H and O–H groups in total. The third-order valence-corrected chi connectivity index (χ3v) is 5.46. The molecule has 0 atom stereocenters. The molecule has 0 unspecified atom stereocenters. The fourth-order valence-electron chi connectivity index (χ4n) is 3.80. The van der Waals surface area contributed by atoms with Crippen molar-refractivity contribution >= 4 is 10.8 Å². The lowest BCUT2D eigenvalue weighted by atomic mass is 9.99. The van der Waals surface area contributed by atoms with Crippen molar-refractivity contribution < 1.29 is 0 Å². The van der Waals surface area contributed by atoms with Crippen LogP contribution in [0.15, 0.2) is 71.5 Å². The van der Waals surface area contributed by atoms with E-state index in [1.54, 1.807) is 4.68 Å². The van der Waals surface area contributed by atoms with Crippen molar-refractivity contribution in [3.8, 4) is 11.3 Å². The zero-order chi connectivity index (χ0) is 21.3. The van der Waals surface area contributed by atoms with Gasteiger partial charge in [0.1, 0.15) is 0 Å². The molecule has 152 valence electrons. The van der Waals surface area contributed by atoms with Crippen molar-refractivity contribution in [3.05, 3.63) is 99.3 Å². The molecular formula is C26H27N3O. The minimum atomic E-state index is -0.0598. The Morgan fingerprint density at radius 2 is 1.53 bits per heavy atom. The molecule has 0 aliphatic carbocycles. The molecule has 0 aliphatic rings. The van der Waals surface area contributed by atoms with Crippen molar-refractivity contribution in [1.82, 2.24) is 14.7 Å². The highest BCUT2D eigenvalue weighted by atomic mass is 16.1. The van der Waals surface area contributed by atoms with Crippen LogP contribution >= 0.6 is 0 Å². The average molecular weight is 398 g/mol. The molecule has 0 saturated heterocycles. The Balaban J connectivity index is 1.77. The van der Waals surface area contributed by atoms with Gasteiger partial charge in [-0.25, -0.2) is 4.68 Å². The van der Waals surface area contributed by atoms with Crippen molar-refractivity contribution in [2.24, 2.45) is 0 Å². The molecule has 4 rings (SSSR count). The summed E-state index contributed by atoms with van der Waals surface area (Å²) in [6, 6.07) is 22.6. The molecule has 0 saturated carbocycles. The number of nitrogens with zero attached hydrogens (tertiary/aromatic N) is 3. The minimum absolute atomic E-state index is 0.0598. The van der Waals surface area contributed by atoms with E-state index in [0.717, 1.165) is 28.8 Å². The summed E-state index contributed by atoms with van der Waals surface area (Å²) in [7, 11) is 2.01. The normalized spacial score (nSPS) is 11.4. The third-order valence-electron chi connectivity index (χ3n) is 5.46. The van der Waals surface area contributed by atoms with E-state index in [1.165, 1.54) is 16.7 Å². The van der Waals surface area contributed by atoms with Crippen LogP contribution in [-0.4, -0.2) is 21.7 Å². The maximum Gasteiger partial charge on any atom is 0.275 e. The zero-order valence-corrected chi connectivity index (χ0v) is 18.0. The standard InChI is InChI=1S/C26H27N3O/c1-18-10-13-21(14-11-18)16-28(4)17-29-26(30)23-8-6-5-7-22(23)25(27-29)24-15-19(2)9-12-20(24)3/h5-15H,16-17H2,1-4H3. The molecule has 4 heteroatoms. The van der Waals surface area contributed by atoms with E-state index in [-0.39, 0.29) is 5.56 Å². The van der Waals surface area contributed by atoms with Gasteiger partial charge in [-0.3, -0.25) is 9.69 Å². The quantitative estimate of drug-likeness (QED) is 0.471. The molecule has 0 amide bonds. The molecule has 1 heterocycles. The van der Waals surface area contributed by atoms with Gasteiger partial charge in [-0.1, -0.05) is 65.7 Å². The van der Waals surface area contributed by atoms with Gasteiger partial charge in [0.2, 0.25) is 0 Å². The first-order valence-electron chi connectivity index (χ1n) is 10.2. The highest BCUT2D eigenvalue weighted by molar-refractivity contribution is 5.94. The Bertz CT molecular complexity index is 1260. The Morgan fingerprint density at radius 3 is 2.27 bits per heavy atom. The van der Waals surface area contributed by atoms with Crippen LogP contribution in [0.5, 0.6) is 0 Å². The molecule has 0 spiro atoms. The lowest BCUT2D eigenvalue weighted by molar-refractivity contribution is 0.241. The van der Waals surface area contributed by atoms with Gasteiger partial charge >= 0.3 is 0 Å². The Hall–Kier alpha value is -3.24. The topological polar surface area (TPSA) is 38.1 Å². The summed E-state index contributed by atoms with van der Waals surface area (Å²) in [5.74, 6) is 0. The largest absolute Gasteiger partial charge is 0.283 e. The smallest absolute Gasteiger partial charge is 0.275 e. The maximum atomic E-state index is 13.2. The van der Waals surface area contributed by atoms with E-state index in [1.807, 2.05) is 31.3 Å². The summed E-state index contributed by atoms with van der Waals surface area (Å²) < 4.78 is 1.59. The van der Waals surface area contributed by atoms with Crippen LogP contribution < -0.4 is 5.56 Å². The van der Waals surface area contributed by atoms with E-state index in [2.05, 4.69) is 68.1 Å². The number of rotatable bonds is 5. The molecule has 0 bridgehead atoms. The summed E-state index contributed by atoms with van der Waals surface area (Å²) in [5, 5.41) is 6.43. The molecule has 0 aliphatic heterocycles. The fourth-order valence-corrected chi connectivity index (χ4v) is 3.80. The van der Waals surface area contributed by atoms with E-state index in [0.29, 0.717) is 12.1 Å². The van der Waals surface area contributed by atoms with E-state index in [4.69, 9.17) is 5.10 Å². The molecule has 4 nitrogen and oxygen atoms in total. The van der Waals surface area contributed by atoms with Crippen LogP contribution in [0.2, 0.25) is 0 Å². The highest BCUT2D eigenvalue weighted by Gasteiger charge is 2.15. The van der Waals surface area contributed by atoms with Gasteiger partial charge in [-0.05, 0) is 51.1 Å². The van der Waals surface area contributed by atoms with E-state index < -0.39 is 0 Å². The molecule has 0 radical (unpaired) electrons. The van der Waals surface area contributed by atoms with Gasteiger partial charge in [0.25, 0.3) is 5.56 Å². The Labute approximate surface area is 177 Å². The first-order valence-corrected chi connectivity index (χ1v) is 10.2. The Kier molecular flexibility index (Phi) is 5.51. The number of aryl methyl sites for hydroxylation is 3. The van der Waals surface area contributed by atoms with Gasteiger partial charge in [0.15, 0.2) is 0 Å². The minimum Gasteiger partial charge on any atom is -0.283 e. The number of fused-ring (bicyclic) bond motifs is 1. The summed E-state index contributed by atoms with van der Waals surface area (Å²) in [6.07, 6.45) is 0. The van der Waals surface area contributed by atoms with Crippen LogP contribution in [0.4, 0.5) is 0 Å². The van der Waals surface area contributed by atoms with Gasteiger partial charge in [-0.2, -0.15) is 5.10 Å². The van der Waals surface area contributed by atoms with Gasteiger partial charge in [0.05, 0.1) is 17.7 Å². The fraction of sp³-hybridized carbons (Fsp3) is 0.231. The first kappa shape index (κ1) is 20.0. The van der Waals surface area contributed by atoms with Crippen molar-refractivity contribution in [2.45, 2.75) is 34.0 Å². The lowest BCUT2D eigenvalue weighted by Crippen LogP contribution is -2.32.